The fourth-order valence-corrected chi connectivity index (χ4v) is 4.22. The van der Waals surface area contributed by atoms with Gasteiger partial charge in [0.2, 0.25) is 5.91 Å². The molecule has 1 aliphatic heterocycles. The Balaban J connectivity index is 1.78. The van der Waals surface area contributed by atoms with E-state index in [4.69, 9.17) is 10.00 Å². The molecule has 0 saturated carbocycles. The standard InChI is InChI=1S/C27H34N4O3/c1-20(2)18-25(27(33)29-11-10-28)22-7-5-6-21(19-22)23-8-3-4-9-24(23)26(32)30-12-13-31-14-16-34-17-15-31/h3-9,19-20,25H,11-18H2,1-2H3,(H,29,33)(H,30,32). The summed E-state index contributed by atoms with van der Waals surface area (Å²) in [5.41, 5.74) is 3.20. The van der Waals surface area contributed by atoms with Gasteiger partial charge in [0.25, 0.3) is 5.91 Å². The molecule has 1 fully saturated rings. The Labute approximate surface area is 202 Å². The third-order valence-corrected chi connectivity index (χ3v) is 5.95. The van der Waals surface area contributed by atoms with Crippen LogP contribution in [0.15, 0.2) is 48.5 Å². The number of nitrogens with zero attached hydrogens (tertiary/aromatic N) is 2. The fourth-order valence-electron chi connectivity index (χ4n) is 4.22. The average Bonchev–Trinajstić information content (AvgIpc) is 2.86. The fraction of sp³-hybridized carbons (Fsp3) is 0.444. The van der Waals surface area contributed by atoms with Crippen molar-refractivity contribution in [3.8, 4) is 17.2 Å². The Morgan fingerprint density at radius 1 is 1.09 bits per heavy atom. The van der Waals surface area contributed by atoms with Crippen molar-refractivity contribution < 1.29 is 14.3 Å². The number of hydrogen-bond donors (Lipinski definition) is 2. The summed E-state index contributed by atoms with van der Waals surface area (Å²) in [6.07, 6.45) is 0.671. The zero-order valence-corrected chi connectivity index (χ0v) is 20.0. The van der Waals surface area contributed by atoms with Crippen LogP contribution in [-0.4, -0.2) is 62.7 Å². The van der Waals surface area contributed by atoms with E-state index in [9.17, 15) is 9.59 Å². The summed E-state index contributed by atoms with van der Waals surface area (Å²) in [4.78, 5) is 28.1. The lowest BCUT2D eigenvalue weighted by Gasteiger charge is -2.26. The summed E-state index contributed by atoms with van der Waals surface area (Å²) in [5, 5.41) is 14.6. The highest BCUT2D eigenvalue weighted by Crippen LogP contribution is 2.30. The van der Waals surface area contributed by atoms with Crippen molar-refractivity contribution in [1.29, 1.82) is 5.26 Å². The predicted octanol–water partition coefficient (Wildman–Crippen LogP) is 3.19. The number of ether oxygens (including phenoxy) is 1. The zero-order valence-electron chi connectivity index (χ0n) is 20.0. The van der Waals surface area contributed by atoms with E-state index in [2.05, 4.69) is 29.4 Å². The highest BCUT2D eigenvalue weighted by molar-refractivity contribution is 6.01. The largest absolute Gasteiger partial charge is 0.379 e. The Bertz CT molecular complexity index is 1010. The molecule has 0 aromatic heterocycles. The van der Waals surface area contributed by atoms with Gasteiger partial charge in [-0.2, -0.15) is 5.26 Å². The molecule has 0 spiro atoms. The Morgan fingerprint density at radius 2 is 1.85 bits per heavy atom. The molecule has 180 valence electrons. The summed E-state index contributed by atoms with van der Waals surface area (Å²) < 4.78 is 5.37. The number of morpholine rings is 1. The van der Waals surface area contributed by atoms with Crippen LogP contribution in [0.3, 0.4) is 0 Å². The van der Waals surface area contributed by atoms with Gasteiger partial charge >= 0.3 is 0 Å². The van der Waals surface area contributed by atoms with Crippen LogP contribution in [0.4, 0.5) is 0 Å². The number of nitrogens with one attached hydrogen (secondary N) is 2. The lowest BCUT2D eigenvalue weighted by Crippen LogP contribution is -2.41. The maximum atomic E-state index is 13.0. The van der Waals surface area contributed by atoms with Crippen molar-refractivity contribution in [3.63, 3.8) is 0 Å². The predicted molar refractivity (Wildman–Crippen MR) is 132 cm³/mol. The van der Waals surface area contributed by atoms with Crippen LogP contribution in [0.2, 0.25) is 0 Å². The normalized spacial score (nSPS) is 14.9. The molecule has 7 nitrogen and oxygen atoms in total. The topological polar surface area (TPSA) is 94.5 Å². The molecule has 0 bridgehead atoms. The van der Waals surface area contributed by atoms with Gasteiger partial charge in [-0.3, -0.25) is 14.5 Å². The smallest absolute Gasteiger partial charge is 0.251 e. The molecule has 1 saturated heterocycles. The van der Waals surface area contributed by atoms with E-state index in [-0.39, 0.29) is 24.3 Å². The number of carbonyl (C=O) groups excluding carboxylic acids is 2. The molecule has 1 unspecified atom stereocenters. The highest BCUT2D eigenvalue weighted by Gasteiger charge is 2.23. The van der Waals surface area contributed by atoms with Crippen LogP contribution in [0.5, 0.6) is 0 Å². The van der Waals surface area contributed by atoms with E-state index in [1.807, 2.05) is 54.6 Å². The second-order valence-corrected chi connectivity index (χ2v) is 8.94. The van der Waals surface area contributed by atoms with Gasteiger partial charge in [-0.1, -0.05) is 56.3 Å². The van der Waals surface area contributed by atoms with E-state index in [0.717, 1.165) is 49.5 Å². The molecule has 34 heavy (non-hydrogen) atoms. The van der Waals surface area contributed by atoms with Crippen LogP contribution in [0.1, 0.15) is 42.1 Å². The summed E-state index contributed by atoms with van der Waals surface area (Å²) in [6, 6.07) is 17.3. The molecule has 2 aromatic rings. The quantitative estimate of drug-likeness (QED) is 0.529. The first-order chi connectivity index (χ1) is 16.5. The highest BCUT2D eigenvalue weighted by atomic mass is 16.5. The van der Waals surface area contributed by atoms with Crippen LogP contribution >= 0.6 is 0 Å². The molecule has 1 aliphatic rings. The molecule has 2 N–H and O–H groups in total. The Morgan fingerprint density at radius 3 is 2.59 bits per heavy atom. The Hall–Kier alpha value is -3.21. The van der Waals surface area contributed by atoms with Crippen LogP contribution in [0, 0.1) is 17.2 Å². The van der Waals surface area contributed by atoms with Crippen molar-refractivity contribution >= 4 is 11.8 Å². The monoisotopic (exact) mass is 462 g/mol. The number of hydrogen-bond acceptors (Lipinski definition) is 5. The first-order valence-electron chi connectivity index (χ1n) is 11.9. The maximum absolute atomic E-state index is 13.0. The van der Waals surface area contributed by atoms with Gasteiger partial charge in [0.1, 0.15) is 6.54 Å². The summed E-state index contributed by atoms with van der Waals surface area (Å²) in [6.45, 7) is 8.75. The molecule has 0 radical (unpaired) electrons. The zero-order chi connectivity index (χ0) is 24.3. The van der Waals surface area contributed by atoms with Crippen LogP contribution in [0.25, 0.3) is 11.1 Å². The number of benzene rings is 2. The van der Waals surface area contributed by atoms with Crippen molar-refractivity contribution in [2.45, 2.75) is 26.2 Å². The van der Waals surface area contributed by atoms with E-state index in [1.54, 1.807) is 0 Å². The minimum atomic E-state index is -0.359. The second kappa shape index (κ2) is 12.9. The van der Waals surface area contributed by atoms with Gasteiger partial charge in [-0.25, -0.2) is 0 Å². The maximum Gasteiger partial charge on any atom is 0.251 e. The molecule has 3 rings (SSSR count). The number of rotatable bonds is 10. The van der Waals surface area contributed by atoms with Crippen molar-refractivity contribution in [3.05, 3.63) is 59.7 Å². The average molecular weight is 463 g/mol. The first kappa shape index (κ1) is 25.4. The summed E-state index contributed by atoms with van der Waals surface area (Å²) in [5.74, 6) is -0.310. The van der Waals surface area contributed by atoms with Crippen molar-refractivity contribution in [2.75, 3.05) is 45.9 Å². The number of carbonyl (C=O) groups is 2. The minimum Gasteiger partial charge on any atom is -0.379 e. The van der Waals surface area contributed by atoms with Gasteiger partial charge in [-0.05, 0) is 35.1 Å². The molecular weight excluding hydrogens is 428 g/mol. The van der Waals surface area contributed by atoms with E-state index in [0.29, 0.717) is 24.4 Å². The van der Waals surface area contributed by atoms with Gasteiger partial charge < -0.3 is 15.4 Å². The first-order valence-corrected chi connectivity index (χ1v) is 11.9. The molecule has 7 heteroatoms. The Kier molecular flexibility index (Phi) is 9.62. The van der Waals surface area contributed by atoms with Gasteiger partial charge in [0.05, 0.1) is 25.2 Å². The lowest BCUT2D eigenvalue weighted by atomic mass is 9.87. The molecule has 1 heterocycles. The number of nitriles is 1. The van der Waals surface area contributed by atoms with E-state index < -0.39 is 0 Å². The van der Waals surface area contributed by atoms with Crippen molar-refractivity contribution in [1.82, 2.24) is 15.5 Å². The second-order valence-electron chi connectivity index (χ2n) is 8.94. The summed E-state index contributed by atoms with van der Waals surface area (Å²) >= 11 is 0. The van der Waals surface area contributed by atoms with E-state index >= 15 is 0 Å². The lowest BCUT2D eigenvalue weighted by molar-refractivity contribution is -0.122. The molecule has 2 aromatic carbocycles. The summed E-state index contributed by atoms with van der Waals surface area (Å²) in [7, 11) is 0. The molecule has 1 atom stereocenters. The van der Waals surface area contributed by atoms with E-state index in [1.165, 1.54) is 0 Å². The van der Waals surface area contributed by atoms with Crippen LogP contribution < -0.4 is 10.6 Å². The third-order valence-electron chi connectivity index (χ3n) is 5.95. The molecule has 2 amide bonds. The van der Waals surface area contributed by atoms with Gasteiger partial charge in [0, 0.05) is 31.7 Å². The SMILES string of the molecule is CC(C)CC(C(=O)NCC#N)c1cccc(-c2ccccc2C(=O)NCCN2CCOCC2)c1. The van der Waals surface area contributed by atoms with Gasteiger partial charge in [-0.15, -0.1) is 0 Å². The number of amides is 2. The van der Waals surface area contributed by atoms with Crippen LogP contribution in [-0.2, 0) is 9.53 Å². The third kappa shape index (κ3) is 7.14. The molecular formula is C27H34N4O3. The van der Waals surface area contributed by atoms with Crippen molar-refractivity contribution in [2.24, 2.45) is 5.92 Å². The minimum absolute atomic E-state index is 0.0133. The molecule has 0 aliphatic carbocycles. The van der Waals surface area contributed by atoms with Gasteiger partial charge in [0.15, 0.2) is 0 Å².